The number of unbranched alkanes of at least 4 members (excludes halogenated alkanes) is 5. The lowest BCUT2D eigenvalue weighted by molar-refractivity contribution is 0.139. The molecule has 1 saturated carbocycles. The largest absolute Gasteiger partial charge is 0.0832 e. The second-order valence-corrected chi connectivity index (χ2v) is 10.1. The minimum absolute atomic E-state index is 0.360. The van der Waals surface area contributed by atoms with Gasteiger partial charge in [-0.3, -0.25) is 0 Å². The van der Waals surface area contributed by atoms with Crippen LogP contribution in [0.5, 0.6) is 0 Å². The molecule has 0 N–H and O–H groups in total. The Kier molecular flexibility index (Phi) is 5.55. The summed E-state index contributed by atoms with van der Waals surface area (Å²) >= 11 is 0. The van der Waals surface area contributed by atoms with Crippen molar-refractivity contribution in [2.75, 3.05) is 0 Å². The Hall–Kier alpha value is -1.04. The van der Waals surface area contributed by atoms with Crippen LogP contribution >= 0.6 is 0 Å². The second-order valence-electron chi connectivity index (χ2n) is 10.1. The molecule has 5 atom stereocenters. The lowest BCUT2D eigenvalue weighted by Gasteiger charge is -2.44. The maximum absolute atomic E-state index is 2.69. The molecule has 0 radical (unpaired) electrons. The van der Waals surface area contributed by atoms with E-state index in [9.17, 15) is 0 Å². The first kappa shape index (κ1) is 19.3. The van der Waals surface area contributed by atoms with E-state index in [-0.39, 0.29) is 0 Å². The predicted molar refractivity (Wildman–Crippen MR) is 117 cm³/mol. The molecule has 1 aromatic carbocycles. The monoisotopic (exact) mass is 364 g/mol. The summed E-state index contributed by atoms with van der Waals surface area (Å²) in [4.78, 5) is 0. The van der Waals surface area contributed by atoms with Crippen LogP contribution in [-0.2, 0) is 11.8 Å². The van der Waals surface area contributed by atoms with Gasteiger partial charge in [0.1, 0.15) is 0 Å². The van der Waals surface area contributed by atoms with Crippen molar-refractivity contribution in [2.24, 2.45) is 17.8 Å². The van der Waals surface area contributed by atoms with Crippen LogP contribution in [0.1, 0.15) is 107 Å². The number of rotatable bonds is 7. The molecule has 1 aromatic rings. The van der Waals surface area contributed by atoms with Gasteiger partial charge in [-0.1, -0.05) is 83.6 Å². The van der Waals surface area contributed by atoms with Crippen molar-refractivity contribution in [1.29, 1.82) is 0 Å². The fraction of sp³-hybridized carbons (Fsp3) is 0.704. The van der Waals surface area contributed by atoms with E-state index in [1.807, 2.05) is 0 Å². The lowest BCUT2D eigenvalue weighted by Crippen LogP contribution is -2.38. The van der Waals surface area contributed by atoms with Gasteiger partial charge in [-0.15, -0.1) is 0 Å². The van der Waals surface area contributed by atoms with Gasteiger partial charge in [-0.05, 0) is 78.5 Å². The van der Waals surface area contributed by atoms with Crippen molar-refractivity contribution in [3.8, 4) is 0 Å². The molecule has 148 valence electrons. The zero-order valence-corrected chi connectivity index (χ0v) is 18.2. The number of aryl methyl sites for hydroxylation is 1. The first-order valence-corrected chi connectivity index (χ1v) is 11.9. The summed E-state index contributed by atoms with van der Waals surface area (Å²) in [6.07, 6.45) is 19.1. The molecule has 0 spiro atoms. The summed E-state index contributed by atoms with van der Waals surface area (Å²) in [6, 6.07) is 4.95. The molecule has 4 unspecified atom stereocenters. The highest BCUT2D eigenvalue weighted by Gasteiger charge is 2.54. The lowest BCUT2D eigenvalue weighted by atomic mass is 9.60. The van der Waals surface area contributed by atoms with Crippen molar-refractivity contribution in [1.82, 2.24) is 0 Å². The summed E-state index contributed by atoms with van der Waals surface area (Å²) in [5, 5.41) is 0. The molecule has 0 heterocycles. The number of allylic oxidation sites excluding steroid dienone is 2. The van der Waals surface area contributed by atoms with E-state index in [2.05, 4.69) is 52.0 Å². The van der Waals surface area contributed by atoms with Crippen molar-refractivity contribution in [3.05, 3.63) is 46.5 Å². The Balaban J connectivity index is 1.64. The van der Waals surface area contributed by atoms with Gasteiger partial charge in [-0.2, -0.15) is 0 Å². The van der Waals surface area contributed by atoms with Crippen LogP contribution in [0.4, 0.5) is 0 Å². The molecular weight excluding hydrogens is 324 g/mol. The molecule has 0 nitrogen and oxygen atoms in total. The van der Waals surface area contributed by atoms with Crippen molar-refractivity contribution in [2.45, 2.75) is 103 Å². The van der Waals surface area contributed by atoms with E-state index in [0.717, 1.165) is 30.1 Å². The van der Waals surface area contributed by atoms with Gasteiger partial charge in [0, 0.05) is 5.41 Å². The maximum Gasteiger partial charge on any atom is 0.0172 e. The van der Waals surface area contributed by atoms with E-state index < -0.39 is 0 Å². The average Bonchev–Trinajstić information content (AvgIpc) is 2.92. The predicted octanol–water partition coefficient (Wildman–Crippen LogP) is 7.88. The molecule has 27 heavy (non-hydrogen) atoms. The number of hydrogen-bond acceptors (Lipinski definition) is 0. The minimum Gasteiger partial charge on any atom is -0.0832 e. The van der Waals surface area contributed by atoms with Gasteiger partial charge in [0.2, 0.25) is 0 Å². The Labute approximate surface area is 167 Å². The van der Waals surface area contributed by atoms with Crippen LogP contribution in [0.15, 0.2) is 24.3 Å². The first-order valence-electron chi connectivity index (χ1n) is 11.9. The summed E-state index contributed by atoms with van der Waals surface area (Å²) < 4.78 is 0. The fourth-order valence-corrected chi connectivity index (χ4v) is 6.77. The topological polar surface area (TPSA) is 0 Å². The van der Waals surface area contributed by atoms with Gasteiger partial charge in [0.05, 0.1) is 0 Å². The van der Waals surface area contributed by atoms with E-state index >= 15 is 0 Å². The van der Waals surface area contributed by atoms with Gasteiger partial charge < -0.3 is 0 Å². The number of fused-ring (bicyclic) bond motifs is 3. The van der Waals surface area contributed by atoms with Crippen LogP contribution in [0.2, 0.25) is 0 Å². The van der Waals surface area contributed by atoms with Crippen molar-refractivity contribution >= 4 is 0 Å². The molecule has 3 aliphatic rings. The van der Waals surface area contributed by atoms with Gasteiger partial charge >= 0.3 is 0 Å². The molecule has 0 aromatic heterocycles. The Morgan fingerprint density at radius 3 is 2.52 bits per heavy atom. The molecule has 3 aliphatic carbocycles. The Morgan fingerprint density at radius 1 is 0.963 bits per heavy atom. The second kappa shape index (κ2) is 7.76. The van der Waals surface area contributed by atoms with Crippen LogP contribution < -0.4 is 0 Å². The summed E-state index contributed by atoms with van der Waals surface area (Å²) in [5.74, 6) is 3.42. The molecule has 0 aliphatic heterocycles. The molecule has 1 fully saturated rings. The van der Waals surface area contributed by atoms with E-state index in [1.54, 1.807) is 16.7 Å². The van der Waals surface area contributed by atoms with E-state index in [1.165, 1.54) is 63.4 Å². The third kappa shape index (κ3) is 3.22. The molecule has 4 rings (SSSR count). The van der Waals surface area contributed by atoms with E-state index in [0.29, 0.717) is 5.41 Å². The highest BCUT2D eigenvalue weighted by Crippen LogP contribution is 2.62. The first-order chi connectivity index (χ1) is 13.1. The minimum atomic E-state index is 0.360. The average molecular weight is 365 g/mol. The SMILES string of the molecule is CCCCCCCCC12C=CCc3c(C)ccc(c31)[C@H]1CC(C)C(C)CC12. The summed E-state index contributed by atoms with van der Waals surface area (Å²) in [6.45, 7) is 9.67. The van der Waals surface area contributed by atoms with Gasteiger partial charge in [0.25, 0.3) is 0 Å². The van der Waals surface area contributed by atoms with Crippen LogP contribution in [-0.4, -0.2) is 0 Å². The quantitative estimate of drug-likeness (QED) is 0.341. The molecule has 0 heteroatoms. The highest BCUT2D eigenvalue weighted by atomic mass is 14.6. The van der Waals surface area contributed by atoms with Crippen LogP contribution in [0.25, 0.3) is 0 Å². The van der Waals surface area contributed by atoms with Crippen LogP contribution in [0, 0.1) is 24.7 Å². The van der Waals surface area contributed by atoms with E-state index in [4.69, 9.17) is 0 Å². The number of benzene rings is 1. The van der Waals surface area contributed by atoms with Crippen molar-refractivity contribution in [3.63, 3.8) is 0 Å². The molecule has 0 saturated heterocycles. The van der Waals surface area contributed by atoms with Crippen molar-refractivity contribution < 1.29 is 0 Å². The third-order valence-corrected chi connectivity index (χ3v) is 8.50. The highest BCUT2D eigenvalue weighted by molar-refractivity contribution is 5.57. The maximum atomic E-state index is 2.69. The zero-order chi connectivity index (χ0) is 19.0. The third-order valence-electron chi connectivity index (χ3n) is 8.50. The van der Waals surface area contributed by atoms with Crippen LogP contribution in [0.3, 0.4) is 0 Å². The zero-order valence-electron chi connectivity index (χ0n) is 18.2. The van der Waals surface area contributed by atoms with Gasteiger partial charge in [0.15, 0.2) is 0 Å². The standard InChI is InChI=1S/C27H40/c1-5-6-7-8-9-10-15-27-16-11-12-22-19(2)13-14-23(26(22)27)24-17-20(3)21(4)18-25(24)27/h11,13-14,16,20-21,24-25H,5-10,12,15,17-18H2,1-4H3/t20?,21?,24-,25?,27?/m1/s1. The number of hydrogen-bond donors (Lipinski definition) is 0. The molecule has 0 amide bonds. The molecular formula is C27H40. The van der Waals surface area contributed by atoms with Gasteiger partial charge in [-0.25, -0.2) is 0 Å². The Bertz CT molecular complexity index is 696. The molecule has 0 bridgehead atoms. The Morgan fingerprint density at radius 2 is 1.70 bits per heavy atom. The summed E-state index contributed by atoms with van der Waals surface area (Å²) in [7, 11) is 0. The normalized spacial score (nSPS) is 33.8. The smallest absolute Gasteiger partial charge is 0.0172 e. The summed E-state index contributed by atoms with van der Waals surface area (Å²) in [5.41, 5.74) is 7.13. The fourth-order valence-electron chi connectivity index (χ4n) is 6.77.